The molecule has 5 nitrogen and oxygen atoms in total. The van der Waals surface area contributed by atoms with Crippen molar-refractivity contribution in [2.24, 2.45) is 11.7 Å². The number of nitrogens with two attached hydrogens (primary N) is 1. The monoisotopic (exact) mass is 319 g/mol. The second kappa shape index (κ2) is 10.9. The number of hydrogen-bond donors (Lipinski definition) is 3. The summed E-state index contributed by atoms with van der Waals surface area (Å²) in [5, 5.41) is 5.78. The number of rotatable bonds is 7. The summed E-state index contributed by atoms with van der Waals surface area (Å²) < 4.78 is 0. The van der Waals surface area contributed by atoms with Crippen molar-refractivity contribution in [3.8, 4) is 0 Å². The molecule has 0 saturated heterocycles. The van der Waals surface area contributed by atoms with Gasteiger partial charge in [0.15, 0.2) is 0 Å². The molecular formula is C15H30ClN3O2. The third-order valence-corrected chi connectivity index (χ3v) is 3.78. The van der Waals surface area contributed by atoms with Crippen molar-refractivity contribution in [1.29, 1.82) is 0 Å². The molecule has 0 aromatic carbocycles. The van der Waals surface area contributed by atoms with Gasteiger partial charge in [-0.05, 0) is 33.1 Å². The van der Waals surface area contributed by atoms with Crippen LogP contribution < -0.4 is 16.4 Å². The molecule has 2 amide bonds. The van der Waals surface area contributed by atoms with Crippen molar-refractivity contribution in [1.82, 2.24) is 10.6 Å². The van der Waals surface area contributed by atoms with E-state index in [0.717, 1.165) is 32.1 Å². The van der Waals surface area contributed by atoms with Gasteiger partial charge in [0, 0.05) is 31.0 Å². The zero-order valence-electron chi connectivity index (χ0n) is 13.2. The average Bonchev–Trinajstić information content (AvgIpc) is 2.38. The van der Waals surface area contributed by atoms with Gasteiger partial charge in [0.2, 0.25) is 11.8 Å². The fourth-order valence-corrected chi connectivity index (χ4v) is 2.57. The molecule has 1 aliphatic carbocycles. The molecule has 4 N–H and O–H groups in total. The second-order valence-corrected chi connectivity index (χ2v) is 6.06. The van der Waals surface area contributed by atoms with E-state index in [1.54, 1.807) is 0 Å². The smallest absolute Gasteiger partial charge is 0.223 e. The van der Waals surface area contributed by atoms with E-state index in [4.69, 9.17) is 5.73 Å². The van der Waals surface area contributed by atoms with Gasteiger partial charge in [-0.1, -0.05) is 19.3 Å². The Morgan fingerprint density at radius 3 is 2.38 bits per heavy atom. The fraction of sp³-hybridized carbons (Fsp3) is 0.867. The van der Waals surface area contributed by atoms with Crippen LogP contribution in [0.15, 0.2) is 0 Å². The van der Waals surface area contributed by atoms with Gasteiger partial charge in [0.25, 0.3) is 0 Å². The van der Waals surface area contributed by atoms with E-state index < -0.39 is 0 Å². The quantitative estimate of drug-likeness (QED) is 0.668. The van der Waals surface area contributed by atoms with Crippen molar-refractivity contribution in [2.45, 2.75) is 70.9 Å². The first-order valence-corrected chi connectivity index (χ1v) is 7.81. The predicted molar refractivity (Wildman–Crippen MR) is 87.3 cm³/mol. The largest absolute Gasteiger partial charge is 0.356 e. The van der Waals surface area contributed by atoms with Crippen LogP contribution in [0.1, 0.15) is 58.8 Å². The van der Waals surface area contributed by atoms with Gasteiger partial charge in [-0.25, -0.2) is 0 Å². The lowest BCUT2D eigenvalue weighted by atomic mass is 9.88. The van der Waals surface area contributed by atoms with Crippen LogP contribution in [0.25, 0.3) is 0 Å². The number of halogens is 1. The Morgan fingerprint density at radius 2 is 1.81 bits per heavy atom. The molecule has 1 rings (SSSR count). The van der Waals surface area contributed by atoms with Crippen LogP contribution in [0, 0.1) is 5.92 Å². The molecule has 0 heterocycles. The summed E-state index contributed by atoms with van der Waals surface area (Å²) in [7, 11) is 0. The van der Waals surface area contributed by atoms with Crippen LogP contribution in [0.2, 0.25) is 0 Å². The zero-order valence-corrected chi connectivity index (χ0v) is 14.0. The van der Waals surface area contributed by atoms with E-state index in [9.17, 15) is 9.59 Å². The van der Waals surface area contributed by atoms with Crippen LogP contribution in [-0.4, -0.2) is 30.4 Å². The maximum atomic E-state index is 12.0. The number of carbonyl (C=O) groups excluding carboxylic acids is 2. The number of nitrogens with one attached hydrogen (secondary N) is 2. The van der Waals surface area contributed by atoms with Gasteiger partial charge in [0.1, 0.15) is 0 Å². The molecule has 0 aromatic rings. The van der Waals surface area contributed by atoms with Crippen molar-refractivity contribution in [3.63, 3.8) is 0 Å². The lowest BCUT2D eigenvalue weighted by Gasteiger charge is -2.23. The first-order chi connectivity index (χ1) is 9.49. The molecular weight excluding hydrogens is 290 g/mol. The van der Waals surface area contributed by atoms with E-state index >= 15 is 0 Å². The molecule has 0 bridgehead atoms. The van der Waals surface area contributed by atoms with Gasteiger partial charge in [0.05, 0.1) is 0 Å². The van der Waals surface area contributed by atoms with E-state index in [1.807, 2.05) is 13.8 Å². The number of amides is 2. The average molecular weight is 320 g/mol. The third kappa shape index (κ3) is 8.94. The minimum atomic E-state index is -0.111. The lowest BCUT2D eigenvalue weighted by molar-refractivity contribution is -0.127. The topological polar surface area (TPSA) is 84.2 Å². The van der Waals surface area contributed by atoms with Gasteiger partial charge in [-0.3, -0.25) is 9.59 Å². The molecule has 6 heteroatoms. The molecule has 2 unspecified atom stereocenters. The Labute approximate surface area is 134 Å². The molecule has 2 atom stereocenters. The van der Waals surface area contributed by atoms with Gasteiger partial charge in [-0.2, -0.15) is 0 Å². The molecule has 0 aliphatic heterocycles. The predicted octanol–water partition coefficient (Wildman–Crippen LogP) is 1.74. The minimum Gasteiger partial charge on any atom is -0.356 e. The highest BCUT2D eigenvalue weighted by Crippen LogP contribution is 2.23. The molecule has 21 heavy (non-hydrogen) atoms. The molecule has 1 fully saturated rings. The highest BCUT2D eigenvalue weighted by atomic mass is 35.5. The van der Waals surface area contributed by atoms with Gasteiger partial charge >= 0.3 is 0 Å². The van der Waals surface area contributed by atoms with E-state index in [0.29, 0.717) is 13.0 Å². The van der Waals surface area contributed by atoms with Crippen molar-refractivity contribution in [2.75, 3.05) is 6.54 Å². The van der Waals surface area contributed by atoms with Crippen LogP contribution >= 0.6 is 12.4 Å². The Morgan fingerprint density at radius 1 is 1.19 bits per heavy atom. The van der Waals surface area contributed by atoms with Crippen molar-refractivity contribution >= 4 is 24.2 Å². The summed E-state index contributed by atoms with van der Waals surface area (Å²) in [5.41, 5.74) is 5.62. The zero-order chi connectivity index (χ0) is 15.0. The summed E-state index contributed by atoms with van der Waals surface area (Å²) in [4.78, 5) is 23.7. The van der Waals surface area contributed by atoms with Gasteiger partial charge < -0.3 is 16.4 Å². The summed E-state index contributed by atoms with van der Waals surface area (Å²) >= 11 is 0. The maximum absolute atomic E-state index is 12.0. The standard InChI is InChI=1S/C15H29N3O2.ClH/c1-11(16)8-9-17-14(19)10-12(2)18-15(20)13-6-4-3-5-7-13;/h11-13H,3-10,16H2,1-2H3,(H,17,19)(H,18,20);1H. The van der Waals surface area contributed by atoms with Crippen molar-refractivity contribution in [3.05, 3.63) is 0 Å². The van der Waals surface area contributed by atoms with Crippen LogP contribution in [0.4, 0.5) is 0 Å². The molecule has 1 aliphatic rings. The summed E-state index contributed by atoms with van der Waals surface area (Å²) in [5.74, 6) is 0.232. The van der Waals surface area contributed by atoms with E-state index in [-0.39, 0.29) is 42.2 Å². The summed E-state index contributed by atoms with van der Waals surface area (Å²) in [6, 6.07) is -0.0153. The number of hydrogen-bond acceptors (Lipinski definition) is 3. The van der Waals surface area contributed by atoms with Crippen LogP contribution in [0.3, 0.4) is 0 Å². The maximum Gasteiger partial charge on any atom is 0.223 e. The van der Waals surface area contributed by atoms with E-state index in [1.165, 1.54) is 6.42 Å². The Hall–Kier alpha value is -0.810. The molecule has 0 aromatic heterocycles. The fourth-order valence-electron chi connectivity index (χ4n) is 2.57. The molecule has 0 spiro atoms. The molecule has 0 radical (unpaired) electrons. The normalized spacial score (nSPS) is 18.2. The highest BCUT2D eigenvalue weighted by Gasteiger charge is 2.22. The molecule has 124 valence electrons. The Balaban J connectivity index is 0.00000400. The van der Waals surface area contributed by atoms with E-state index in [2.05, 4.69) is 10.6 Å². The molecule has 1 saturated carbocycles. The Bertz CT molecular complexity index is 318. The SMILES string of the molecule is CC(N)CCNC(=O)CC(C)NC(=O)C1CCCCC1.Cl. The highest BCUT2D eigenvalue weighted by molar-refractivity contribution is 5.85. The first-order valence-electron chi connectivity index (χ1n) is 7.81. The summed E-state index contributed by atoms with van der Waals surface area (Å²) in [6.07, 6.45) is 6.60. The lowest BCUT2D eigenvalue weighted by Crippen LogP contribution is -2.41. The first kappa shape index (κ1) is 20.2. The third-order valence-electron chi connectivity index (χ3n) is 3.78. The van der Waals surface area contributed by atoms with Gasteiger partial charge in [-0.15, -0.1) is 12.4 Å². The Kier molecular flexibility index (Phi) is 10.4. The summed E-state index contributed by atoms with van der Waals surface area (Å²) in [6.45, 7) is 4.39. The minimum absolute atomic E-state index is 0. The van der Waals surface area contributed by atoms with Crippen LogP contribution in [-0.2, 0) is 9.59 Å². The van der Waals surface area contributed by atoms with Crippen molar-refractivity contribution < 1.29 is 9.59 Å². The second-order valence-electron chi connectivity index (χ2n) is 6.06. The van der Waals surface area contributed by atoms with Crippen LogP contribution in [0.5, 0.6) is 0 Å². The number of carbonyl (C=O) groups is 2.